The van der Waals surface area contributed by atoms with Crippen LogP contribution in [-0.4, -0.2) is 25.3 Å². The van der Waals surface area contributed by atoms with Gasteiger partial charge in [0.15, 0.2) is 0 Å². The third kappa shape index (κ3) is 1.81. The molecule has 1 aromatic carbocycles. The van der Waals surface area contributed by atoms with E-state index in [1.807, 2.05) is 18.2 Å². The SMILES string of the molecule is N#Cc1ccc(N2CCOC3CCCC32)cc1N. The van der Waals surface area contributed by atoms with Crippen molar-refractivity contribution in [1.29, 1.82) is 5.26 Å². The Morgan fingerprint density at radius 3 is 3.06 bits per heavy atom. The molecule has 1 saturated heterocycles. The van der Waals surface area contributed by atoms with Crippen LogP contribution in [0.25, 0.3) is 0 Å². The quantitative estimate of drug-likeness (QED) is 0.765. The average Bonchev–Trinajstić information content (AvgIpc) is 2.86. The zero-order chi connectivity index (χ0) is 12.5. The maximum atomic E-state index is 8.91. The number of fused-ring (bicyclic) bond motifs is 1. The maximum absolute atomic E-state index is 8.91. The van der Waals surface area contributed by atoms with Crippen LogP contribution in [0, 0.1) is 11.3 Å². The third-order valence-electron chi connectivity index (χ3n) is 3.97. The van der Waals surface area contributed by atoms with E-state index < -0.39 is 0 Å². The van der Waals surface area contributed by atoms with Crippen LogP contribution in [0.1, 0.15) is 24.8 Å². The lowest BCUT2D eigenvalue weighted by Crippen LogP contribution is -2.48. The van der Waals surface area contributed by atoms with Crippen molar-refractivity contribution in [2.24, 2.45) is 0 Å². The van der Waals surface area contributed by atoms with Gasteiger partial charge in [0.2, 0.25) is 0 Å². The van der Waals surface area contributed by atoms with Crippen molar-refractivity contribution < 1.29 is 4.74 Å². The van der Waals surface area contributed by atoms with Gasteiger partial charge in [-0.15, -0.1) is 0 Å². The van der Waals surface area contributed by atoms with E-state index in [2.05, 4.69) is 11.0 Å². The van der Waals surface area contributed by atoms with Gasteiger partial charge in [0.05, 0.1) is 30.0 Å². The minimum Gasteiger partial charge on any atom is -0.398 e. The first-order valence-electron chi connectivity index (χ1n) is 6.47. The summed E-state index contributed by atoms with van der Waals surface area (Å²) >= 11 is 0. The van der Waals surface area contributed by atoms with E-state index in [4.69, 9.17) is 15.7 Å². The van der Waals surface area contributed by atoms with Gasteiger partial charge in [-0.1, -0.05) is 0 Å². The Morgan fingerprint density at radius 2 is 2.28 bits per heavy atom. The lowest BCUT2D eigenvalue weighted by atomic mass is 10.1. The third-order valence-corrected chi connectivity index (χ3v) is 3.97. The molecule has 18 heavy (non-hydrogen) atoms. The molecule has 3 rings (SSSR count). The normalized spacial score (nSPS) is 26.7. The molecule has 0 amide bonds. The Labute approximate surface area is 107 Å². The fraction of sp³-hybridized carbons (Fsp3) is 0.500. The predicted molar refractivity (Wildman–Crippen MR) is 70.3 cm³/mol. The molecule has 2 aliphatic rings. The van der Waals surface area contributed by atoms with E-state index in [-0.39, 0.29) is 0 Å². The summed E-state index contributed by atoms with van der Waals surface area (Å²) < 4.78 is 5.80. The molecule has 2 fully saturated rings. The van der Waals surface area contributed by atoms with Crippen molar-refractivity contribution in [3.8, 4) is 6.07 Å². The van der Waals surface area contributed by atoms with Crippen LogP contribution in [0.4, 0.5) is 11.4 Å². The zero-order valence-corrected chi connectivity index (χ0v) is 10.3. The molecule has 1 aliphatic heterocycles. The Bertz CT molecular complexity index is 494. The fourth-order valence-electron chi connectivity index (χ4n) is 3.08. The number of nitriles is 1. The number of morpholine rings is 1. The van der Waals surface area contributed by atoms with E-state index >= 15 is 0 Å². The number of nitrogens with two attached hydrogens (primary N) is 1. The van der Waals surface area contributed by atoms with Gasteiger partial charge in [0.1, 0.15) is 6.07 Å². The van der Waals surface area contributed by atoms with Gasteiger partial charge in [-0.2, -0.15) is 5.26 Å². The van der Waals surface area contributed by atoms with Gasteiger partial charge in [-0.25, -0.2) is 0 Å². The highest BCUT2D eigenvalue weighted by molar-refractivity contribution is 5.64. The summed E-state index contributed by atoms with van der Waals surface area (Å²) in [5.41, 5.74) is 8.13. The van der Waals surface area contributed by atoms with Crippen molar-refractivity contribution >= 4 is 11.4 Å². The van der Waals surface area contributed by atoms with Gasteiger partial charge in [-0.3, -0.25) is 0 Å². The van der Waals surface area contributed by atoms with Gasteiger partial charge >= 0.3 is 0 Å². The van der Waals surface area contributed by atoms with Gasteiger partial charge in [0.25, 0.3) is 0 Å². The van der Waals surface area contributed by atoms with Crippen LogP contribution >= 0.6 is 0 Å². The number of hydrogen-bond acceptors (Lipinski definition) is 4. The van der Waals surface area contributed by atoms with Crippen molar-refractivity contribution in [3.63, 3.8) is 0 Å². The Kier molecular flexibility index (Phi) is 2.85. The van der Waals surface area contributed by atoms with E-state index in [0.29, 0.717) is 23.4 Å². The molecule has 4 heteroatoms. The van der Waals surface area contributed by atoms with Crippen molar-refractivity contribution in [2.45, 2.75) is 31.4 Å². The molecule has 0 aromatic heterocycles. The van der Waals surface area contributed by atoms with Crippen LogP contribution < -0.4 is 10.6 Å². The van der Waals surface area contributed by atoms with Gasteiger partial charge in [-0.05, 0) is 37.5 Å². The summed E-state index contributed by atoms with van der Waals surface area (Å²) in [6, 6.07) is 8.30. The highest BCUT2D eigenvalue weighted by Crippen LogP contribution is 2.34. The molecular weight excluding hydrogens is 226 g/mol. The molecule has 4 nitrogen and oxygen atoms in total. The average molecular weight is 243 g/mol. The molecule has 2 N–H and O–H groups in total. The topological polar surface area (TPSA) is 62.3 Å². The van der Waals surface area contributed by atoms with Crippen LogP contribution in [0.3, 0.4) is 0 Å². The van der Waals surface area contributed by atoms with Crippen LogP contribution in [0.5, 0.6) is 0 Å². The molecule has 1 aromatic rings. The van der Waals surface area contributed by atoms with Crippen molar-refractivity contribution in [2.75, 3.05) is 23.8 Å². The highest BCUT2D eigenvalue weighted by Gasteiger charge is 2.36. The maximum Gasteiger partial charge on any atom is 0.101 e. The van der Waals surface area contributed by atoms with E-state index in [0.717, 1.165) is 25.3 Å². The van der Waals surface area contributed by atoms with Crippen LogP contribution in [0.2, 0.25) is 0 Å². The Balaban J connectivity index is 1.90. The number of hydrogen-bond donors (Lipinski definition) is 1. The largest absolute Gasteiger partial charge is 0.398 e. The van der Waals surface area contributed by atoms with Crippen molar-refractivity contribution in [3.05, 3.63) is 23.8 Å². The Hall–Kier alpha value is -1.73. The van der Waals surface area contributed by atoms with E-state index in [9.17, 15) is 0 Å². The molecule has 0 bridgehead atoms. The Morgan fingerprint density at radius 1 is 1.39 bits per heavy atom. The zero-order valence-electron chi connectivity index (χ0n) is 10.3. The summed E-state index contributed by atoms with van der Waals surface area (Å²) in [6.45, 7) is 1.69. The molecular formula is C14H17N3O. The monoisotopic (exact) mass is 243 g/mol. The lowest BCUT2D eigenvalue weighted by Gasteiger charge is -2.39. The minimum absolute atomic E-state index is 0.371. The molecule has 94 valence electrons. The standard InChI is InChI=1S/C14H17N3O/c15-9-10-4-5-11(8-12(10)16)17-6-7-18-14-3-1-2-13(14)17/h4-5,8,13-14H,1-3,6-7,16H2. The summed E-state index contributed by atoms with van der Waals surface area (Å²) in [5.74, 6) is 0. The lowest BCUT2D eigenvalue weighted by molar-refractivity contribution is 0.0256. The number of benzene rings is 1. The molecule has 1 saturated carbocycles. The number of anilines is 2. The summed E-state index contributed by atoms with van der Waals surface area (Å²) in [6.07, 6.45) is 3.95. The number of ether oxygens (including phenoxy) is 1. The van der Waals surface area contributed by atoms with E-state index in [1.54, 1.807) is 0 Å². The van der Waals surface area contributed by atoms with Crippen LogP contribution in [0.15, 0.2) is 18.2 Å². The first kappa shape index (κ1) is 11.4. The van der Waals surface area contributed by atoms with Crippen LogP contribution in [-0.2, 0) is 4.74 Å². The van der Waals surface area contributed by atoms with Gasteiger partial charge in [0, 0.05) is 12.2 Å². The second kappa shape index (κ2) is 4.51. The summed E-state index contributed by atoms with van der Waals surface area (Å²) in [4.78, 5) is 2.39. The second-order valence-corrected chi connectivity index (χ2v) is 4.98. The molecule has 1 heterocycles. The first-order chi connectivity index (χ1) is 8.79. The van der Waals surface area contributed by atoms with E-state index in [1.165, 1.54) is 12.8 Å². The molecule has 1 aliphatic carbocycles. The molecule has 0 spiro atoms. The summed E-state index contributed by atoms with van der Waals surface area (Å²) in [5, 5.41) is 8.91. The van der Waals surface area contributed by atoms with Gasteiger partial charge < -0.3 is 15.4 Å². The first-order valence-corrected chi connectivity index (χ1v) is 6.47. The number of nitrogen functional groups attached to an aromatic ring is 1. The predicted octanol–water partition coefficient (Wildman–Crippen LogP) is 1.90. The molecule has 2 unspecified atom stereocenters. The molecule has 0 radical (unpaired) electrons. The highest BCUT2D eigenvalue weighted by atomic mass is 16.5. The number of nitrogens with zero attached hydrogens (tertiary/aromatic N) is 2. The summed E-state index contributed by atoms with van der Waals surface area (Å²) in [7, 11) is 0. The smallest absolute Gasteiger partial charge is 0.101 e. The molecule has 2 atom stereocenters. The fourth-order valence-corrected chi connectivity index (χ4v) is 3.08. The minimum atomic E-state index is 0.371. The van der Waals surface area contributed by atoms with Crippen molar-refractivity contribution in [1.82, 2.24) is 0 Å². The second-order valence-electron chi connectivity index (χ2n) is 4.98. The number of rotatable bonds is 1.